The van der Waals surface area contributed by atoms with E-state index in [1.54, 1.807) is 6.21 Å². The van der Waals surface area contributed by atoms with Gasteiger partial charge in [0.05, 0.1) is 19.4 Å². The predicted molar refractivity (Wildman–Crippen MR) is 146 cm³/mol. The van der Waals surface area contributed by atoms with E-state index in [2.05, 4.69) is 69.8 Å². The van der Waals surface area contributed by atoms with Crippen LogP contribution in [0.2, 0.25) is 0 Å². The molecule has 1 saturated heterocycles. The molecule has 0 spiro atoms. The smallest absolute Gasteiger partial charge is 0.250 e. The van der Waals surface area contributed by atoms with E-state index in [1.165, 1.54) is 0 Å². The Kier molecular flexibility index (Phi) is 7.26. The number of rotatable bonds is 7. The summed E-state index contributed by atoms with van der Waals surface area (Å²) in [7, 11) is 0. The maximum absolute atomic E-state index is 5.49. The molecule has 2 heterocycles. The molecule has 0 amide bonds. The van der Waals surface area contributed by atoms with Gasteiger partial charge in [-0.1, -0.05) is 66.7 Å². The molecule has 1 aliphatic rings. The van der Waals surface area contributed by atoms with E-state index in [0.717, 1.165) is 26.5 Å². The van der Waals surface area contributed by atoms with E-state index in [-0.39, 0.29) is 0 Å². The predicted octanol–water partition coefficient (Wildman–Crippen LogP) is 5.44. The van der Waals surface area contributed by atoms with Crippen LogP contribution in [-0.4, -0.2) is 47.5 Å². The number of nitrogens with one attached hydrogen (secondary N) is 2. The Bertz CT molecular complexity index is 1350. The third-order valence-corrected chi connectivity index (χ3v) is 5.84. The molecule has 0 unspecified atom stereocenters. The molecule has 1 fully saturated rings. The maximum atomic E-state index is 5.49. The normalized spacial score (nSPS) is 14.4. The lowest BCUT2D eigenvalue weighted by Crippen LogP contribution is -2.37. The van der Waals surface area contributed by atoms with Crippen LogP contribution >= 0.6 is 15.9 Å². The number of fused-ring (bicyclic) bond motifs is 1. The van der Waals surface area contributed by atoms with Crippen molar-refractivity contribution in [2.75, 3.05) is 41.9 Å². The van der Waals surface area contributed by atoms with Crippen LogP contribution in [0, 0.1) is 0 Å². The van der Waals surface area contributed by atoms with Gasteiger partial charge < -0.3 is 15.0 Å². The second-order valence-corrected chi connectivity index (χ2v) is 8.76. The van der Waals surface area contributed by atoms with Gasteiger partial charge in [0.2, 0.25) is 17.8 Å². The molecule has 1 aliphatic heterocycles. The first-order valence-electron chi connectivity index (χ1n) is 11.3. The summed E-state index contributed by atoms with van der Waals surface area (Å²) in [5.41, 5.74) is 4.94. The fourth-order valence-corrected chi connectivity index (χ4v) is 4.09. The number of halogens is 1. The Hall–Kier alpha value is -3.82. The summed E-state index contributed by atoms with van der Waals surface area (Å²) < 4.78 is 6.30. The van der Waals surface area contributed by atoms with Crippen molar-refractivity contribution < 1.29 is 4.74 Å². The summed E-state index contributed by atoms with van der Waals surface area (Å²) >= 11 is 3.53. The van der Waals surface area contributed by atoms with Gasteiger partial charge in [0.15, 0.2) is 0 Å². The molecule has 0 radical (unpaired) electrons. The van der Waals surface area contributed by atoms with E-state index >= 15 is 0 Å². The minimum atomic E-state index is 0.348. The van der Waals surface area contributed by atoms with Gasteiger partial charge in [0.1, 0.15) is 0 Å². The first-order valence-corrected chi connectivity index (χ1v) is 12.1. The Morgan fingerprint density at radius 1 is 0.886 bits per heavy atom. The fourth-order valence-electron chi connectivity index (χ4n) is 3.73. The monoisotopic (exact) mass is 529 g/mol. The first kappa shape index (κ1) is 22.9. The minimum absolute atomic E-state index is 0.348. The summed E-state index contributed by atoms with van der Waals surface area (Å²) in [6.07, 6.45) is 3.65. The summed E-state index contributed by atoms with van der Waals surface area (Å²) in [5, 5.41) is 9.90. The largest absolute Gasteiger partial charge is 0.378 e. The number of hydrogen-bond acceptors (Lipinski definition) is 8. The highest BCUT2D eigenvalue weighted by molar-refractivity contribution is 9.12. The number of anilines is 4. The van der Waals surface area contributed by atoms with Crippen LogP contribution in [0.4, 0.5) is 23.5 Å². The number of ether oxygens (including phenoxy) is 1. The average Bonchev–Trinajstić information content (AvgIpc) is 2.90. The number of hydrazone groups is 1. The van der Waals surface area contributed by atoms with E-state index in [4.69, 9.17) is 4.74 Å². The van der Waals surface area contributed by atoms with Crippen molar-refractivity contribution in [3.63, 3.8) is 0 Å². The molecular formula is C26H24BrN7O. The second kappa shape index (κ2) is 11.1. The Labute approximate surface area is 211 Å². The Morgan fingerprint density at radius 2 is 1.63 bits per heavy atom. The van der Waals surface area contributed by atoms with E-state index in [9.17, 15) is 0 Å². The summed E-state index contributed by atoms with van der Waals surface area (Å²) in [6.45, 7) is 2.70. The molecule has 176 valence electrons. The van der Waals surface area contributed by atoms with Crippen LogP contribution in [0.15, 0.2) is 82.4 Å². The van der Waals surface area contributed by atoms with E-state index < -0.39 is 0 Å². The lowest BCUT2D eigenvalue weighted by Gasteiger charge is -2.27. The van der Waals surface area contributed by atoms with Crippen LogP contribution in [-0.2, 0) is 4.74 Å². The lowest BCUT2D eigenvalue weighted by atomic mass is 10.1. The molecule has 0 saturated carbocycles. The third-order valence-electron chi connectivity index (χ3n) is 5.41. The maximum Gasteiger partial charge on any atom is 0.250 e. The number of hydrogen-bond donors (Lipinski definition) is 2. The third kappa shape index (κ3) is 6.00. The fraction of sp³-hybridized carbons (Fsp3) is 0.154. The number of morpholine rings is 1. The summed E-state index contributed by atoms with van der Waals surface area (Å²) in [6, 6.07) is 24.3. The molecule has 4 aromatic rings. The molecule has 0 bridgehead atoms. The highest BCUT2D eigenvalue weighted by Crippen LogP contribution is 2.26. The van der Waals surface area contributed by atoms with Crippen LogP contribution in [0.3, 0.4) is 0 Å². The topological polar surface area (TPSA) is 87.6 Å². The molecule has 3 aromatic carbocycles. The lowest BCUT2D eigenvalue weighted by molar-refractivity contribution is 0.122. The number of benzene rings is 3. The standard InChI is InChI=1S/C26H24BrN7O/c27-21(17-19-7-2-1-3-8-19)18-28-33-25-30-24(31-26(32-25)34-13-15-35-16-14-34)29-23-12-6-10-20-9-4-5-11-22(20)23/h1-12,17-18H,13-16H2,(H2,29,30,31,32,33)/b21-17-,28-18+. The average molecular weight is 530 g/mol. The quantitative estimate of drug-likeness (QED) is 0.243. The van der Waals surface area contributed by atoms with Gasteiger partial charge >= 0.3 is 0 Å². The molecule has 2 N–H and O–H groups in total. The molecular weight excluding hydrogens is 506 g/mol. The molecule has 9 heteroatoms. The SMILES string of the molecule is BrC(=C\c1ccccc1)/C=N/Nc1nc(Nc2cccc3ccccc23)nc(N2CCOCC2)n1. The molecule has 1 aromatic heterocycles. The molecule has 5 rings (SSSR count). The van der Waals surface area contributed by atoms with Gasteiger partial charge in [-0.05, 0) is 39.0 Å². The number of allylic oxidation sites excluding steroid dienone is 1. The Balaban J connectivity index is 1.40. The Morgan fingerprint density at radius 3 is 2.49 bits per heavy atom. The van der Waals surface area contributed by atoms with Crippen molar-refractivity contribution in [3.8, 4) is 0 Å². The van der Waals surface area contributed by atoms with Gasteiger partial charge in [0, 0.05) is 28.6 Å². The van der Waals surface area contributed by atoms with Gasteiger partial charge in [-0.15, -0.1) is 0 Å². The van der Waals surface area contributed by atoms with Crippen LogP contribution in [0.25, 0.3) is 16.8 Å². The molecule has 35 heavy (non-hydrogen) atoms. The summed E-state index contributed by atoms with van der Waals surface area (Å²) in [4.78, 5) is 15.9. The number of nitrogens with zero attached hydrogens (tertiary/aromatic N) is 5. The van der Waals surface area contributed by atoms with Crippen molar-refractivity contribution >= 4 is 62.5 Å². The van der Waals surface area contributed by atoms with Gasteiger partial charge in [0.25, 0.3) is 0 Å². The van der Waals surface area contributed by atoms with Crippen molar-refractivity contribution in [1.29, 1.82) is 0 Å². The molecule has 0 atom stereocenters. The minimum Gasteiger partial charge on any atom is -0.378 e. The zero-order valence-electron chi connectivity index (χ0n) is 18.9. The van der Waals surface area contributed by atoms with E-state index in [0.29, 0.717) is 44.1 Å². The number of aromatic nitrogens is 3. The van der Waals surface area contributed by atoms with Gasteiger partial charge in [-0.2, -0.15) is 20.1 Å². The highest BCUT2D eigenvalue weighted by Gasteiger charge is 2.17. The second-order valence-electron chi connectivity index (χ2n) is 7.84. The van der Waals surface area contributed by atoms with Crippen LogP contribution in [0.1, 0.15) is 5.56 Å². The molecule has 0 aliphatic carbocycles. The zero-order chi connectivity index (χ0) is 23.9. The van der Waals surface area contributed by atoms with Crippen LogP contribution < -0.4 is 15.6 Å². The first-order chi connectivity index (χ1) is 17.2. The van der Waals surface area contributed by atoms with E-state index in [1.807, 2.05) is 60.7 Å². The summed E-state index contributed by atoms with van der Waals surface area (Å²) in [5.74, 6) is 1.36. The van der Waals surface area contributed by atoms with Crippen molar-refractivity contribution in [2.24, 2.45) is 5.10 Å². The van der Waals surface area contributed by atoms with Gasteiger partial charge in [-0.3, -0.25) is 0 Å². The van der Waals surface area contributed by atoms with Crippen molar-refractivity contribution in [2.45, 2.75) is 0 Å². The molecule has 8 nitrogen and oxygen atoms in total. The van der Waals surface area contributed by atoms with Crippen molar-refractivity contribution in [3.05, 3.63) is 82.8 Å². The van der Waals surface area contributed by atoms with Gasteiger partial charge in [-0.25, -0.2) is 5.43 Å². The zero-order valence-corrected chi connectivity index (χ0v) is 20.5. The van der Waals surface area contributed by atoms with Crippen molar-refractivity contribution in [1.82, 2.24) is 15.0 Å². The van der Waals surface area contributed by atoms with Crippen LogP contribution in [0.5, 0.6) is 0 Å². The highest BCUT2D eigenvalue weighted by atomic mass is 79.9.